The van der Waals surface area contributed by atoms with E-state index in [0.717, 1.165) is 5.69 Å². The van der Waals surface area contributed by atoms with E-state index in [4.69, 9.17) is 9.47 Å². The van der Waals surface area contributed by atoms with Gasteiger partial charge in [0.2, 0.25) is 0 Å². The molecule has 34 heavy (non-hydrogen) atoms. The number of hydrogen-bond donors (Lipinski definition) is 1. The van der Waals surface area contributed by atoms with Crippen molar-refractivity contribution in [3.63, 3.8) is 0 Å². The largest absolute Gasteiger partial charge is 0.497 e. The molecule has 0 saturated carbocycles. The van der Waals surface area contributed by atoms with E-state index in [9.17, 15) is 9.59 Å². The Morgan fingerprint density at radius 1 is 0.882 bits per heavy atom. The predicted octanol–water partition coefficient (Wildman–Crippen LogP) is 4.56. The van der Waals surface area contributed by atoms with Crippen LogP contribution in [0.15, 0.2) is 78.5 Å². The maximum absolute atomic E-state index is 13.7. The van der Waals surface area contributed by atoms with Crippen LogP contribution in [0.25, 0.3) is 5.57 Å². The number of imide groups is 1. The molecule has 1 heterocycles. The minimum atomic E-state index is -0.445. The molecule has 0 radical (unpaired) electrons. The number of carbonyl (C=O) groups excluding carboxylic acids is 2. The summed E-state index contributed by atoms with van der Waals surface area (Å²) in [6, 6.07) is 21.8. The second-order valence-corrected chi connectivity index (χ2v) is 7.89. The fourth-order valence-corrected chi connectivity index (χ4v) is 3.80. The highest BCUT2D eigenvalue weighted by Crippen LogP contribution is 2.38. The van der Waals surface area contributed by atoms with Crippen LogP contribution < -0.4 is 24.6 Å². The van der Waals surface area contributed by atoms with Gasteiger partial charge in [0, 0.05) is 25.5 Å². The second kappa shape index (κ2) is 9.70. The van der Waals surface area contributed by atoms with Gasteiger partial charge in [0.25, 0.3) is 11.8 Å². The first-order chi connectivity index (χ1) is 16.4. The van der Waals surface area contributed by atoms with Gasteiger partial charge in [0.15, 0.2) is 0 Å². The number of amides is 2. The Morgan fingerprint density at radius 3 is 2.18 bits per heavy atom. The minimum absolute atomic E-state index is 0.207. The first-order valence-electron chi connectivity index (χ1n) is 11.0. The molecular formula is C27H27N3O4. The fourth-order valence-electron chi connectivity index (χ4n) is 3.80. The molecule has 2 amide bonds. The summed E-state index contributed by atoms with van der Waals surface area (Å²) in [5.41, 5.74) is 3.24. The first-order valence-corrected chi connectivity index (χ1v) is 11.0. The van der Waals surface area contributed by atoms with Crippen molar-refractivity contribution < 1.29 is 19.1 Å². The molecule has 0 spiro atoms. The van der Waals surface area contributed by atoms with Crippen LogP contribution in [-0.2, 0) is 9.59 Å². The Labute approximate surface area is 199 Å². The van der Waals surface area contributed by atoms with Crippen LogP contribution in [0.5, 0.6) is 11.5 Å². The maximum Gasteiger partial charge on any atom is 0.282 e. The highest BCUT2D eigenvalue weighted by molar-refractivity contribution is 6.46. The Balaban J connectivity index is 1.79. The summed E-state index contributed by atoms with van der Waals surface area (Å²) in [6.07, 6.45) is 0. The van der Waals surface area contributed by atoms with E-state index in [1.807, 2.05) is 56.3 Å². The number of ether oxygens (including phenoxy) is 2. The van der Waals surface area contributed by atoms with Crippen molar-refractivity contribution in [1.29, 1.82) is 0 Å². The van der Waals surface area contributed by atoms with Gasteiger partial charge in [-0.05, 0) is 61.0 Å². The molecule has 0 bridgehead atoms. The predicted molar refractivity (Wildman–Crippen MR) is 134 cm³/mol. The van der Waals surface area contributed by atoms with E-state index >= 15 is 0 Å². The molecular weight excluding hydrogens is 430 g/mol. The van der Waals surface area contributed by atoms with Crippen molar-refractivity contribution in [2.45, 2.75) is 6.92 Å². The number of hydrogen-bond acceptors (Lipinski definition) is 6. The zero-order valence-corrected chi connectivity index (χ0v) is 19.7. The van der Waals surface area contributed by atoms with Crippen LogP contribution in [0, 0.1) is 0 Å². The number of rotatable bonds is 8. The Hall–Kier alpha value is -4.26. The molecule has 0 aromatic heterocycles. The van der Waals surface area contributed by atoms with Crippen LogP contribution in [0.3, 0.4) is 0 Å². The number of para-hydroxylation sites is 2. The smallest absolute Gasteiger partial charge is 0.282 e. The van der Waals surface area contributed by atoms with E-state index in [0.29, 0.717) is 35.0 Å². The lowest BCUT2D eigenvalue weighted by molar-refractivity contribution is -0.120. The van der Waals surface area contributed by atoms with Gasteiger partial charge in [-0.3, -0.25) is 9.59 Å². The van der Waals surface area contributed by atoms with E-state index in [2.05, 4.69) is 5.32 Å². The summed E-state index contributed by atoms with van der Waals surface area (Å²) in [5.74, 6) is 0.264. The molecule has 0 atom stereocenters. The molecule has 1 aliphatic rings. The van der Waals surface area contributed by atoms with Gasteiger partial charge in [0.05, 0.1) is 25.0 Å². The topological polar surface area (TPSA) is 71.1 Å². The molecule has 0 saturated heterocycles. The van der Waals surface area contributed by atoms with Gasteiger partial charge >= 0.3 is 0 Å². The third-order valence-corrected chi connectivity index (χ3v) is 5.52. The van der Waals surface area contributed by atoms with Crippen molar-refractivity contribution in [2.24, 2.45) is 0 Å². The van der Waals surface area contributed by atoms with Crippen molar-refractivity contribution >= 4 is 34.4 Å². The Morgan fingerprint density at radius 2 is 1.56 bits per heavy atom. The number of carbonyl (C=O) groups is 2. The van der Waals surface area contributed by atoms with Gasteiger partial charge in [0.1, 0.15) is 17.2 Å². The molecule has 4 rings (SSSR count). The molecule has 7 heteroatoms. The SMILES string of the molecule is CCOc1ccccc1N1C(=O)C(Nc2ccc(N(C)C)cc2)=C(c2ccc(OC)cc2)C1=O. The van der Waals surface area contributed by atoms with Gasteiger partial charge in [-0.15, -0.1) is 0 Å². The summed E-state index contributed by atoms with van der Waals surface area (Å²) in [7, 11) is 5.49. The normalized spacial score (nSPS) is 13.4. The van der Waals surface area contributed by atoms with Crippen LogP contribution in [0.4, 0.5) is 17.1 Å². The van der Waals surface area contributed by atoms with Crippen molar-refractivity contribution in [1.82, 2.24) is 0 Å². The summed E-state index contributed by atoms with van der Waals surface area (Å²) in [6.45, 7) is 2.27. The Kier molecular flexibility index (Phi) is 6.54. The van der Waals surface area contributed by atoms with Gasteiger partial charge in [-0.1, -0.05) is 24.3 Å². The molecule has 0 aliphatic carbocycles. The summed E-state index contributed by atoms with van der Waals surface area (Å²) in [5, 5.41) is 3.19. The van der Waals surface area contributed by atoms with E-state index in [1.54, 1.807) is 49.6 Å². The number of anilines is 3. The van der Waals surface area contributed by atoms with E-state index < -0.39 is 11.8 Å². The van der Waals surface area contributed by atoms with E-state index in [1.165, 1.54) is 4.90 Å². The summed E-state index contributed by atoms with van der Waals surface area (Å²) in [4.78, 5) is 30.5. The van der Waals surface area contributed by atoms with Gasteiger partial charge in [-0.25, -0.2) is 4.90 Å². The standard InChI is InChI=1S/C27H27N3O4/c1-5-34-23-9-7-6-8-22(23)30-26(31)24(18-10-16-21(33-4)17-11-18)25(27(30)32)28-19-12-14-20(15-13-19)29(2)3/h6-17,28H,5H2,1-4H3. The van der Waals surface area contributed by atoms with Crippen LogP contribution in [0.2, 0.25) is 0 Å². The lowest BCUT2D eigenvalue weighted by atomic mass is 10.0. The molecule has 7 nitrogen and oxygen atoms in total. The van der Waals surface area contributed by atoms with E-state index in [-0.39, 0.29) is 11.3 Å². The van der Waals surface area contributed by atoms with Crippen LogP contribution in [-0.4, -0.2) is 39.6 Å². The molecule has 174 valence electrons. The second-order valence-electron chi connectivity index (χ2n) is 7.89. The highest BCUT2D eigenvalue weighted by atomic mass is 16.5. The molecule has 0 unspecified atom stereocenters. The molecule has 3 aromatic carbocycles. The zero-order valence-electron chi connectivity index (χ0n) is 19.7. The average Bonchev–Trinajstić information content (AvgIpc) is 3.09. The third-order valence-electron chi connectivity index (χ3n) is 5.52. The van der Waals surface area contributed by atoms with Gasteiger partial charge in [-0.2, -0.15) is 0 Å². The third kappa shape index (κ3) is 4.32. The molecule has 1 N–H and O–H groups in total. The molecule has 1 aliphatic heterocycles. The lowest BCUT2D eigenvalue weighted by Gasteiger charge is -2.19. The van der Waals surface area contributed by atoms with Gasteiger partial charge < -0.3 is 19.7 Å². The van der Waals surface area contributed by atoms with Crippen LogP contribution >= 0.6 is 0 Å². The highest BCUT2D eigenvalue weighted by Gasteiger charge is 2.41. The fraction of sp³-hybridized carbons (Fsp3) is 0.185. The summed E-state index contributed by atoms with van der Waals surface area (Å²) < 4.78 is 11.0. The summed E-state index contributed by atoms with van der Waals surface area (Å²) >= 11 is 0. The quantitative estimate of drug-likeness (QED) is 0.500. The average molecular weight is 458 g/mol. The number of methoxy groups -OCH3 is 1. The molecule has 3 aromatic rings. The monoisotopic (exact) mass is 457 g/mol. The van der Waals surface area contributed by atoms with Crippen molar-refractivity contribution in [3.05, 3.63) is 84.1 Å². The zero-order chi connectivity index (χ0) is 24.2. The molecule has 0 fully saturated rings. The van der Waals surface area contributed by atoms with Crippen molar-refractivity contribution in [2.75, 3.05) is 42.9 Å². The minimum Gasteiger partial charge on any atom is -0.497 e. The number of benzene rings is 3. The Bertz CT molecular complexity index is 1230. The van der Waals surface area contributed by atoms with Crippen LogP contribution in [0.1, 0.15) is 12.5 Å². The number of nitrogens with zero attached hydrogens (tertiary/aromatic N) is 2. The van der Waals surface area contributed by atoms with Crippen molar-refractivity contribution in [3.8, 4) is 11.5 Å². The maximum atomic E-state index is 13.7. The lowest BCUT2D eigenvalue weighted by Crippen LogP contribution is -2.32. The number of nitrogens with one attached hydrogen (secondary N) is 1. The first kappa shape index (κ1) is 22.9.